The van der Waals surface area contributed by atoms with Gasteiger partial charge in [-0.25, -0.2) is 0 Å². The minimum absolute atomic E-state index is 0.128. The molecule has 0 aromatic carbocycles. The third kappa shape index (κ3) is 3.95. The number of hydrogen-bond donors (Lipinski definition) is 2. The molecule has 84 valence electrons. The fraction of sp³-hybridized carbons (Fsp3) is 1.00. The third-order valence-corrected chi connectivity index (χ3v) is 3.16. The molecule has 0 aliphatic heterocycles. The van der Waals surface area contributed by atoms with E-state index < -0.39 is 6.10 Å². The molecule has 1 aliphatic rings. The second-order valence-electron chi connectivity index (χ2n) is 4.42. The van der Waals surface area contributed by atoms with Gasteiger partial charge in [-0.1, -0.05) is 25.7 Å². The van der Waals surface area contributed by atoms with E-state index in [-0.39, 0.29) is 6.61 Å². The van der Waals surface area contributed by atoms with Gasteiger partial charge in [0.1, 0.15) is 0 Å². The van der Waals surface area contributed by atoms with E-state index in [0.29, 0.717) is 12.6 Å². The van der Waals surface area contributed by atoms with Gasteiger partial charge in [-0.2, -0.15) is 0 Å². The maximum Gasteiger partial charge on any atom is 0.0897 e. The van der Waals surface area contributed by atoms with E-state index >= 15 is 0 Å². The van der Waals surface area contributed by atoms with Gasteiger partial charge in [-0.15, -0.1) is 0 Å². The van der Waals surface area contributed by atoms with Crippen LogP contribution in [0.5, 0.6) is 0 Å². The summed E-state index contributed by atoms with van der Waals surface area (Å²) in [5.41, 5.74) is 0. The van der Waals surface area contributed by atoms with Crippen LogP contribution in [-0.4, -0.2) is 47.5 Å². The minimum atomic E-state index is -0.580. The van der Waals surface area contributed by atoms with Gasteiger partial charge >= 0.3 is 0 Å². The van der Waals surface area contributed by atoms with Gasteiger partial charge in [-0.3, -0.25) is 0 Å². The van der Waals surface area contributed by atoms with Crippen LogP contribution in [0.15, 0.2) is 0 Å². The third-order valence-electron chi connectivity index (χ3n) is 3.16. The van der Waals surface area contributed by atoms with Crippen LogP contribution in [0.3, 0.4) is 0 Å². The lowest BCUT2D eigenvalue weighted by molar-refractivity contribution is 0.0521. The monoisotopic (exact) mass is 201 g/mol. The van der Waals surface area contributed by atoms with Crippen molar-refractivity contribution in [1.29, 1.82) is 0 Å². The summed E-state index contributed by atoms with van der Waals surface area (Å²) in [6.07, 6.45) is 7.24. The molecule has 0 aromatic rings. The molecule has 3 heteroatoms. The molecule has 0 amide bonds. The van der Waals surface area contributed by atoms with Crippen LogP contribution in [0.2, 0.25) is 0 Å². The summed E-state index contributed by atoms with van der Waals surface area (Å²) in [4.78, 5) is 2.20. The molecule has 1 unspecified atom stereocenters. The maximum absolute atomic E-state index is 9.34. The largest absolute Gasteiger partial charge is 0.394 e. The van der Waals surface area contributed by atoms with Gasteiger partial charge < -0.3 is 15.1 Å². The van der Waals surface area contributed by atoms with Crippen molar-refractivity contribution in [3.63, 3.8) is 0 Å². The Bertz CT molecular complexity index is 144. The molecular weight excluding hydrogens is 178 g/mol. The SMILES string of the molecule is CN(CC(O)CO)C1CCCCCC1. The molecule has 1 saturated carbocycles. The van der Waals surface area contributed by atoms with Crippen molar-refractivity contribution in [1.82, 2.24) is 4.90 Å². The molecular formula is C11H23NO2. The number of hydrogen-bond acceptors (Lipinski definition) is 3. The number of nitrogens with zero attached hydrogens (tertiary/aromatic N) is 1. The second-order valence-corrected chi connectivity index (χ2v) is 4.42. The Morgan fingerprint density at radius 3 is 2.29 bits per heavy atom. The van der Waals surface area contributed by atoms with E-state index in [0.717, 1.165) is 0 Å². The molecule has 0 radical (unpaired) electrons. The number of rotatable bonds is 4. The minimum Gasteiger partial charge on any atom is -0.394 e. The van der Waals surface area contributed by atoms with Crippen LogP contribution in [0.1, 0.15) is 38.5 Å². The van der Waals surface area contributed by atoms with Crippen LogP contribution in [0, 0.1) is 0 Å². The Morgan fingerprint density at radius 1 is 1.21 bits per heavy atom. The van der Waals surface area contributed by atoms with Crippen molar-refractivity contribution in [3.05, 3.63) is 0 Å². The van der Waals surface area contributed by atoms with Crippen molar-refractivity contribution in [2.45, 2.75) is 50.7 Å². The topological polar surface area (TPSA) is 43.7 Å². The second kappa shape index (κ2) is 6.38. The van der Waals surface area contributed by atoms with E-state index in [1.807, 2.05) is 0 Å². The van der Waals surface area contributed by atoms with Crippen molar-refractivity contribution >= 4 is 0 Å². The average molecular weight is 201 g/mol. The Hall–Kier alpha value is -0.120. The van der Waals surface area contributed by atoms with Crippen molar-refractivity contribution < 1.29 is 10.2 Å². The zero-order valence-electron chi connectivity index (χ0n) is 9.15. The standard InChI is InChI=1S/C11H23NO2/c1-12(8-11(14)9-13)10-6-4-2-3-5-7-10/h10-11,13-14H,2-9H2,1H3. The van der Waals surface area contributed by atoms with Gasteiger partial charge in [-0.05, 0) is 19.9 Å². The first-order valence-corrected chi connectivity index (χ1v) is 5.73. The number of aliphatic hydroxyl groups excluding tert-OH is 2. The fourth-order valence-corrected chi connectivity index (χ4v) is 2.24. The van der Waals surface area contributed by atoms with Gasteiger partial charge in [0.25, 0.3) is 0 Å². The summed E-state index contributed by atoms with van der Waals surface area (Å²) in [5.74, 6) is 0. The first-order chi connectivity index (χ1) is 6.74. The van der Waals surface area contributed by atoms with E-state index in [4.69, 9.17) is 5.11 Å². The molecule has 0 bridgehead atoms. The lowest BCUT2D eigenvalue weighted by Gasteiger charge is -2.28. The van der Waals surface area contributed by atoms with Gasteiger partial charge in [0.2, 0.25) is 0 Å². The summed E-state index contributed by atoms with van der Waals surface area (Å²) in [7, 11) is 2.05. The predicted molar refractivity (Wildman–Crippen MR) is 57.2 cm³/mol. The smallest absolute Gasteiger partial charge is 0.0897 e. The zero-order valence-corrected chi connectivity index (χ0v) is 9.15. The molecule has 14 heavy (non-hydrogen) atoms. The molecule has 3 nitrogen and oxygen atoms in total. The Morgan fingerprint density at radius 2 is 1.79 bits per heavy atom. The normalized spacial score (nSPS) is 22.3. The molecule has 0 aromatic heterocycles. The van der Waals surface area contributed by atoms with Crippen LogP contribution in [-0.2, 0) is 0 Å². The molecule has 1 fully saturated rings. The van der Waals surface area contributed by atoms with Crippen LogP contribution < -0.4 is 0 Å². The Kier molecular flexibility index (Phi) is 5.45. The summed E-state index contributed by atoms with van der Waals surface area (Å²) < 4.78 is 0. The van der Waals surface area contributed by atoms with E-state index in [2.05, 4.69) is 11.9 Å². The maximum atomic E-state index is 9.34. The van der Waals surface area contributed by atoms with Crippen LogP contribution >= 0.6 is 0 Å². The lowest BCUT2D eigenvalue weighted by atomic mass is 10.1. The molecule has 0 saturated heterocycles. The van der Waals surface area contributed by atoms with Gasteiger partial charge in [0, 0.05) is 12.6 Å². The summed E-state index contributed by atoms with van der Waals surface area (Å²) in [6, 6.07) is 0.610. The summed E-state index contributed by atoms with van der Waals surface area (Å²) in [5, 5.41) is 18.1. The number of aliphatic hydroxyl groups is 2. The molecule has 1 aliphatic carbocycles. The first kappa shape index (κ1) is 12.0. The summed E-state index contributed by atoms with van der Waals surface area (Å²) >= 11 is 0. The molecule has 2 N–H and O–H groups in total. The van der Waals surface area contributed by atoms with Crippen LogP contribution in [0.4, 0.5) is 0 Å². The molecule has 0 spiro atoms. The summed E-state index contributed by atoms with van der Waals surface area (Å²) in [6.45, 7) is 0.470. The average Bonchev–Trinajstić information content (AvgIpc) is 2.45. The predicted octanol–water partition coefficient (Wildman–Crippen LogP) is 0.994. The Labute approximate surface area is 86.7 Å². The van der Waals surface area contributed by atoms with Crippen molar-refractivity contribution in [3.8, 4) is 0 Å². The molecule has 1 rings (SSSR count). The van der Waals surface area contributed by atoms with Gasteiger partial charge in [0.15, 0.2) is 0 Å². The van der Waals surface area contributed by atoms with E-state index in [1.165, 1.54) is 38.5 Å². The lowest BCUT2D eigenvalue weighted by Crippen LogP contribution is -2.38. The Balaban J connectivity index is 2.30. The van der Waals surface area contributed by atoms with E-state index in [9.17, 15) is 5.11 Å². The fourth-order valence-electron chi connectivity index (χ4n) is 2.24. The van der Waals surface area contributed by atoms with Gasteiger partial charge in [0.05, 0.1) is 12.7 Å². The highest BCUT2D eigenvalue weighted by Gasteiger charge is 2.18. The highest BCUT2D eigenvalue weighted by molar-refractivity contribution is 4.74. The molecule has 0 heterocycles. The first-order valence-electron chi connectivity index (χ1n) is 5.73. The zero-order chi connectivity index (χ0) is 10.4. The van der Waals surface area contributed by atoms with Crippen molar-refractivity contribution in [2.75, 3.05) is 20.2 Å². The quantitative estimate of drug-likeness (QED) is 0.667. The van der Waals surface area contributed by atoms with E-state index in [1.54, 1.807) is 0 Å². The van der Waals surface area contributed by atoms with Crippen LogP contribution in [0.25, 0.3) is 0 Å². The number of likely N-dealkylation sites (N-methyl/N-ethyl adjacent to an activating group) is 1. The highest BCUT2D eigenvalue weighted by atomic mass is 16.3. The highest BCUT2D eigenvalue weighted by Crippen LogP contribution is 2.20. The van der Waals surface area contributed by atoms with Crippen molar-refractivity contribution in [2.24, 2.45) is 0 Å². The molecule has 1 atom stereocenters.